The molecule has 0 N–H and O–H groups in total. The third kappa shape index (κ3) is 3.95. The number of para-hydroxylation sites is 1. The van der Waals surface area contributed by atoms with Crippen LogP contribution in [0, 0.1) is 0 Å². The molecule has 2 saturated heterocycles. The summed E-state index contributed by atoms with van der Waals surface area (Å²) in [6, 6.07) is 33.8. The molecule has 0 amide bonds. The molecule has 0 aromatic heterocycles. The number of anilines is 1. The Morgan fingerprint density at radius 1 is 0.586 bits per heavy atom. The molecule has 0 unspecified atom stereocenters. The molecule has 5 rings (SSSR count). The third-order valence-electron chi connectivity index (χ3n) is 6.91. The van der Waals surface area contributed by atoms with Gasteiger partial charge in [0.2, 0.25) is 0 Å². The Morgan fingerprint density at radius 2 is 1.14 bits per heavy atom. The molecule has 0 bridgehead atoms. The van der Waals surface area contributed by atoms with Gasteiger partial charge in [0.15, 0.2) is 0 Å². The number of piperidine rings is 1. The molecule has 2 heteroatoms. The summed E-state index contributed by atoms with van der Waals surface area (Å²) in [4.78, 5) is 5.37. The van der Waals surface area contributed by atoms with Gasteiger partial charge in [0.1, 0.15) is 0 Å². The summed E-state index contributed by atoms with van der Waals surface area (Å²) in [7, 11) is 0. The van der Waals surface area contributed by atoms with Gasteiger partial charge < -0.3 is 4.90 Å². The van der Waals surface area contributed by atoms with E-state index in [1.54, 1.807) is 0 Å². The second-order valence-corrected chi connectivity index (χ2v) is 8.55. The molecule has 0 saturated carbocycles. The molecule has 2 heterocycles. The SMILES string of the molecule is c1ccc(C2CCN([C@@H]3CN(c4ccccc4)C[C@H]3c3ccccc3)CC2)cc1. The lowest BCUT2D eigenvalue weighted by Gasteiger charge is -2.38. The second kappa shape index (κ2) is 8.42. The topological polar surface area (TPSA) is 6.48 Å². The summed E-state index contributed by atoms with van der Waals surface area (Å²) in [6.07, 6.45) is 2.54. The molecule has 29 heavy (non-hydrogen) atoms. The molecule has 3 aromatic carbocycles. The molecule has 0 aliphatic carbocycles. The van der Waals surface area contributed by atoms with Crippen molar-refractivity contribution < 1.29 is 0 Å². The van der Waals surface area contributed by atoms with E-state index < -0.39 is 0 Å². The van der Waals surface area contributed by atoms with Crippen molar-refractivity contribution in [3.8, 4) is 0 Å². The van der Waals surface area contributed by atoms with Crippen molar-refractivity contribution in [1.29, 1.82) is 0 Å². The van der Waals surface area contributed by atoms with E-state index in [0.29, 0.717) is 17.9 Å². The predicted octanol–water partition coefficient (Wildman–Crippen LogP) is 5.54. The fraction of sp³-hybridized carbons (Fsp3) is 0.333. The molecule has 3 aromatic rings. The van der Waals surface area contributed by atoms with Gasteiger partial charge in [-0.05, 0) is 55.1 Å². The number of benzene rings is 3. The smallest absolute Gasteiger partial charge is 0.0366 e. The monoisotopic (exact) mass is 382 g/mol. The van der Waals surface area contributed by atoms with Gasteiger partial charge in [0.05, 0.1) is 0 Å². The van der Waals surface area contributed by atoms with Crippen LogP contribution in [0.1, 0.15) is 35.8 Å². The highest BCUT2D eigenvalue weighted by Gasteiger charge is 2.38. The largest absolute Gasteiger partial charge is 0.369 e. The van der Waals surface area contributed by atoms with Gasteiger partial charge in [-0.1, -0.05) is 78.9 Å². The van der Waals surface area contributed by atoms with Gasteiger partial charge >= 0.3 is 0 Å². The van der Waals surface area contributed by atoms with E-state index in [2.05, 4.69) is 101 Å². The average molecular weight is 383 g/mol. The van der Waals surface area contributed by atoms with Crippen LogP contribution in [0.3, 0.4) is 0 Å². The van der Waals surface area contributed by atoms with Gasteiger partial charge in [0.25, 0.3) is 0 Å². The first-order valence-electron chi connectivity index (χ1n) is 11.0. The lowest BCUT2D eigenvalue weighted by Crippen LogP contribution is -2.44. The Labute approximate surface area is 174 Å². The maximum Gasteiger partial charge on any atom is 0.0366 e. The van der Waals surface area contributed by atoms with Crippen molar-refractivity contribution in [2.75, 3.05) is 31.1 Å². The van der Waals surface area contributed by atoms with Crippen molar-refractivity contribution >= 4 is 5.69 Å². The normalized spacial score (nSPS) is 23.4. The molecule has 0 spiro atoms. The lowest BCUT2D eigenvalue weighted by molar-refractivity contribution is 0.152. The zero-order chi connectivity index (χ0) is 19.5. The third-order valence-corrected chi connectivity index (χ3v) is 6.91. The van der Waals surface area contributed by atoms with Crippen LogP contribution in [0.25, 0.3) is 0 Å². The summed E-state index contributed by atoms with van der Waals surface area (Å²) < 4.78 is 0. The quantitative estimate of drug-likeness (QED) is 0.585. The number of likely N-dealkylation sites (tertiary alicyclic amines) is 1. The highest BCUT2D eigenvalue weighted by molar-refractivity contribution is 5.49. The van der Waals surface area contributed by atoms with E-state index in [1.807, 2.05) is 0 Å². The molecule has 2 fully saturated rings. The number of hydrogen-bond acceptors (Lipinski definition) is 2. The minimum atomic E-state index is 0.574. The first-order valence-corrected chi connectivity index (χ1v) is 11.0. The van der Waals surface area contributed by atoms with Crippen LogP contribution in [-0.2, 0) is 0 Å². The minimum absolute atomic E-state index is 0.574. The fourth-order valence-electron chi connectivity index (χ4n) is 5.32. The molecule has 148 valence electrons. The van der Waals surface area contributed by atoms with Crippen molar-refractivity contribution in [2.45, 2.75) is 30.7 Å². The van der Waals surface area contributed by atoms with Crippen molar-refractivity contribution in [3.05, 3.63) is 102 Å². The summed E-state index contributed by atoms with van der Waals surface area (Å²) >= 11 is 0. The van der Waals surface area contributed by atoms with Crippen molar-refractivity contribution in [1.82, 2.24) is 4.90 Å². The molecule has 2 aliphatic rings. The summed E-state index contributed by atoms with van der Waals surface area (Å²) in [5.41, 5.74) is 4.36. The Hall–Kier alpha value is -2.58. The zero-order valence-electron chi connectivity index (χ0n) is 17.0. The Kier molecular flexibility index (Phi) is 5.36. The fourth-order valence-corrected chi connectivity index (χ4v) is 5.32. The molecule has 0 radical (unpaired) electrons. The first-order chi connectivity index (χ1) is 14.4. The Morgan fingerprint density at radius 3 is 1.76 bits per heavy atom. The summed E-state index contributed by atoms with van der Waals surface area (Å²) in [5, 5.41) is 0. The van der Waals surface area contributed by atoms with E-state index in [9.17, 15) is 0 Å². The minimum Gasteiger partial charge on any atom is -0.369 e. The lowest BCUT2D eigenvalue weighted by atomic mass is 9.87. The first kappa shape index (κ1) is 18.4. The highest BCUT2D eigenvalue weighted by Crippen LogP contribution is 2.37. The van der Waals surface area contributed by atoms with Crippen LogP contribution in [0.2, 0.25) is 0 Å². The van der Waals surface area contributed by atoms with Gasteiger partial charge in [-0.3, -0.25) is 4.90 Å². The summed E-state index contributed by atoms with van der Waals surface area (Å²) in [5.74, 6) is 1.29. The van der Waals surface area contributed by atoms with E-state index in [1.165, 1.54) is 42.7 Å². The van der Waals surface area contributed by atoms with Crippen LogP contribution in [-0.4, -0.2) is 37.1 Å². The Bertz CT molecular complexity index is 886. The van der Waals surface area contributed by atoms with E-state index in [4.69, 9.17) is 0 Å². The van der Waals surface area contributed by atoms with Crippen LogP contribution < -0.4 is 4.90 Å². The zero-order valence-corrected chi connectivity index (χ0v) is 17.0. The summed E-state index contributed by atoms with van der Waals surface area (Å²) in [6.45, 7) is 4.64. The van der Waals surface area contributed by atoms with Gasteiger partial charge in [0, 0.05) is 30.7 Å². The van der Waals surface area contributed by atoms with Crippen LogP contribution >= 0.6 is 0 Å². The van der Waals surface area contributed by atoms with E-state index >= 15 is 0 Å². The molecule has 2 atom stereocenters. The van der Waals surface area contributed by atoms with Gasteiger partial charge in [-0.25, -0.2) is 0 Å². The number of rotatable bonds is 4. The van der Waals surface area contributed by atoms with Crippen molar-refractivity contribution in [3.63, 3.8) is 0 Å². The maximum absolute atomic E-state index is 2.78. The molecular formula is C27H30N2. The second-order valence-electron chi connectivity index (χ2n) is 8.55. The number of nitrogens with zero attached hydrogens (tertiary/aromatic N) is 2. The Balaban J connectivity index is 1.34. The van der Waals surface area contributed by atoms with Gasteiger partial charge in [-0.15, -0.1) is 0 Å². The predicted molar refractivity (Wildman–Crippen MR) is 122 cm³/mol. The highest BCUT2D eigenvalue weighted by atomic mass is 15.3. The maximum atomic E-state index is 2.78. The average Bonchev–Trinajstić information content (AvgIpc) is 3.27. The number of hydrogen-bond donors (Lipinski definition) is 0. The van der Waals surface area contributed by atoms with Gasteiger partial charge in [-0.2, -0.15) is 0 Å². The van der Waals surface area contributed by atoms with Crippen LogP contribution in [0.15, 0.2) is 91.0 Å². The molecule has 2 aliphatic heterocycles. The van der Waals surface area contributed by atoms with Crippen molar-refractivity contribution in [2.24, 2.45) is 0 Å². The van der Waals surface area contributed by atoms with E-state index in [0.717, 1.165) is 13.1 Å². The molecular weight excluding hydrogens is 352 g/mol. The standard InChI is InChI=1S/C27H30N2/c1-4-10-22(11-5-1)23-16-18-28(19-17-23)27-21-29(25-14-8-3-9-15-25)20-26(27)24-12-6-2-7-13-24/h1-15,23,26-27H,16-21H2/t26-,27+/m0/s1. The van der Waals surface area contributed by atoms with Crippen LogP contribution in [0.4, 0.5) is 5.69 Å². The van der Waals surface area contributed by atoms with E-state index in [-0.39, 0.29) is 0 Å². The van der Waals surface area contributed by atoms with Crippen LogP contribution in [0.5, 0.6) is 0 Å². The molecule has 2 nitrogen and oxygen atoms in total.